The molecule has 1 atom stereocenters. The Morgan fingerprint density at radius 3 is 2.95 bits per heavy atom. The summed E-state index contributed by atoms with van der Waals surface area (Å²) in [5.74, 6) is 0. The maximum Gasteiger partial charge on any atom is 0.0292 e. The van der Waals surface area contributed by atoms with Crippen LogP contribution in [0.2, 0.25) is 0 Å². The first-order chi connectivity index (χ1) is 9.33. The molecule has 1 aromatic heterocycles. The van der Waals surface area contributed by atoms with E-state index in [-0.39, 0.29) is 0 Å². The lowest BCUT2D eigenvalue weighted by atomic mass is 10.0. The summed E-state index contributed by atoms with van der Waals surface area (Å²) in [5, 5.41) is 8.02. The lowest BCUT2D eigenvalue weighted by Crippen LogP contribution is -2.21. The summed E-state index contributed by atoms with van der Waals surface area (Å²) in [6.45, 7) is 3.32. The van der Waals surface area contributed by atoms with Crippen LogP contribution in [0, 0.1) is 0 Å². The average Bonchev–Trinajstić information content (AvgIpc) is 3.08. The normalized spacial score (nSPS) is 15.4. The Labute approximate surface area is 119 Å². The van der Waals surface area contributed by atoms with E-state index in [4.69, 9.17) is 0 Å². The van der Waals surface area contributed by atoms with Gasteiger partial charge in [0.25, 0.3) is 0 Å². The maximum atomic E-state index is 3.63. The van der Waals surface area contributed by atoms with Gasteiger partial charge in [-0.3, -0.25) is 0 Å². The first kappa shape index (κ1) is 12.9. The summed E-state index contributed by atoms with van der Waals surface area (Å²) in [5.41, 5.74) is 6.02. The highest BCUT2D eigenvalue weighted by molar-refractivity contribution is 7.07. The molecule has 0 radical (unpaired) electrons. The highest BCUT2D eigenvalue weighted by Crippen LogP contribution is 2.25. The SMILES string of the molecule is CC(NCCc1ccsc1)c1ccc2c(c1)CCC2. The molecular weight excluding hydrogens is 250 g/mol. The van der Waals surface area contributed by atoms with Gasteiger partial charge in [-0.25, -0.2) is 0 Å². The van der Waals surface area contributed by atoms with E-state index in [2.05, 4.69) is 47.3 Å². The third-order valence-corrected chi connectivity index (χ3v) is 4.80. The fraction of sp³-hybridized carbons (Fsp3) is 0.412. The number of nitrogens with one attached hydrogen (secondary N) is 1. The highest BCUT2D eigenvalue weighted by Gasteiger charge is 2.13. The largest absolute Gasteiger partial charge is 0.310 e. The predicted molar refractivity (Wildman–Crippen MR) is 82.9 cm³/mol. The molecule has 0 fully saturated rings. The fourth-order valence-electron chi connectivity index (χ4n) is 2.85. The van der Waals surface area contributed by atoms with E-state index >= 15 is 0 Å². The van der Waals surface area contributed by atoms with Crippen LogP contribution in [0.4, 0.5) is 0 Å². The molecule has 0 aliphatic heterocycles. The van der Waals surface area contributed by atoms with Gasteiger partial charge >= 0.3 is 0 Å². The van der Waals surface area contributed by atoms with E-state index in [1.165, 1.54) is 30.4 Å². The molecule has 0 spiro atoms. The fourth-order valence-corrected chi connectivity index (χ4v) is 3.55. The highest BCUT2D eigenvalue weighted by atomic mass is 32.1. The summed E-state index contributed by atoms with van der Waals surface area (Å²) in [4.78, 5) is 0. The van der Waals surface area contributed by atoms with Crippen LogP contribution in [-0.4, -0.2) is 6.54 Å². The van der Waals surface area contributed by atoms with E-state index in [0.717, 1.165) is 13.0 Å². The number of aryl methyl sites for hydroxylation is 2. The quantitative estimate of drug-likeness (QED) is 0.862. The van der Waals surface area contributed by atoms with Crippen molar-refractivity contribution in [3.63, 3.8) is 0 Å². The lowest BCUT2D eigenvalue weighted by Gasteiger charge is -2.15. The number of benzene rings is 1. The van der Waals surface area contributed by atoms with Gasteiger partial charge in [-0.1, -0.05) is 18.2 Å². The van der Waals surface area contributed by atoms with Gasteiger partial charge in [0, 0.05) is 6.04 Å². The molecule has 2 heteroatoms. The van der Waals surface area contributed by atoms with Crippen LogP contribution in [0.25, 0.3) is 0 Å². The van der Waals surface area contributed by atoms with Gasteiger partial charge in [0.15, 0.2) is 0 Å². The Balaban J connectivity index is 1.56. The van der Waals surface area contributed by atoms with Crippen LogP contribution in [-0.2, 0) is 19.3 Å². The molecule has 2 aromatic rings. The zero-order valence-corrected chi connectivity index (χ0v) is 12.3. The Morgan fingerprint density at radius 1 is 1.21 bits per heavy atom. The molecular formula is C17H21NS. The first-order valence-corrected chi connectivity index (χ1v) is 8.13. The van der Waals surface area contributed by atoms with E-state index < -0.39 is 0 Å². The Morgan fingerprint density at radius 2 is 2.11 bits per heavy atom. The third kappa shape index (κ3) is 3.07. The molecule has 0 amide bonds. The van der Waals surface area contributed by atoms with Crippen LogP contribution in [0.5, 0.6) is 0 Å². The van der Waals surface area contributed by atoms with E-state index in [1.54, 1.807) is 22.5 Å². The molecule has 100 valence electrons. The van der Waals surface area contributed by atoms with Crippen molar-refractivity contribution in [3.8, 4) is 0 Å². The van der Waals surface area contributed by atoms with E-state index in [1.807, 2.05) is 0 Å². The monoisotopic (exact) mass is 271 g/mol. The Bertz CT molecular complexity index is 530. The van der Waals surface area contributed by atoms with Crippen molar-refractivity contribution in [2.24, 2.45) is 0 Å². The second-order valence-electron chi connectivity index (χ2n) is 5.44. The molecule has 0 bridgehead atoms. The van der Waals surface area contributed by atoms with Crippen molar-refractivity contribution in [2.75, 3.05) is 6.54 Å². The van der Waals surface area contributed by atoms with Crippen LogP contribution in [0.3, 0.4) is 0 Å². The summed E-state index contributed by atoms with van der Waals surface area (Å²) in [6.07, 6.45) is 5.00. The second-order valence-corrected chi connectivity index (χ2v) is 6.22. The molecule has 0 saturated heterocycles. The van der Waals surface area contributed by atoms with Gasteiger partial charge in [0.2, 0.25) is 0 Å². The summed E-state index contributed by atoms with van der Waals surface area (Å²) >= 11 is 1.78. The van der Waals surface area contributed by atoms with Crippen molar-refractivity contribution in [1.82, 2.24) is 5.32 Å². The molecule has 1 aliphatic carbocycles. The van der Waals surface area contributed by atoms with Crippen LogP contribution < -0.4 is 5.32 Å². The van der Waals surface area contributed by atoms with Gasteiger partial charge in [-0.2, -0.15) is 11.3 Å². The molecule has 1 unspecified atom stereocenters. The molecule has 19 heavy (non-hydrogen) atoms. The Hall–Kier alpha value is -1.12. The molecule has 1 aromatic carbocycles. The van der Waals surface area contributed by atoms with Crippen LogP contribution in [0.15, 0.2) is 35.0 Å². The standard InChI is InChI=1S/C17H21NS/c1-13(18-9-7-14-8-10-19-12-14)16-6-5-15-3-2-4-17(15)11-16/h5-6,8,10-13,18H,2-4,7,9H2,1H3. The van der Waals surface area contributed by atoms with Crippen molar-refractivity contribution < 1.29 is 0 Å². The summed E-state index contributed by atoms with van der Waals surface area (Å²) in [7, 11) is 0. The number of thiophene rings is 1. The molecule has 1 heterocycles. The van der Waals surface area contributed by atoms with Crippen molar-refractivity contribution in [1.29, 1.82) is 0 Å². The number of hydrogen-bond acceptors (Lipinski definition) is 2. The Kier molecular flexibility index (Phi) is 4.00. The van der Waals surface area contributed by atoms with Gasteiger partial charge in [0.05, 0.1) is 0 Å². The third-order valence-electron chi connectivity index (χ3n) is 4.07. The molecule has 1 N–H and O–H groups in total. The topological polar surface area (TPSA) is 12.0 Å². The van der Waals surface area contributed by atoms with Crippen molar-refractivity contribution in [2.45, 2.75) is 38.6 Å². The zero-order valence-electron chi connectivity index (χ0n) is 11.5. The molecule has 0 saturated carbocycles. The number of hydrogen-bond donors (Lipinski definition) is 1. The van der Waals surface area contributed by atoms with Crippen LogP contribution in [0.1, 0.15) is 41.6 Å². The minimum atomic E-state index is 0.449. The smallest absolute Gasteiger partial charge is 0.0292 e. The minimum absolute atomic E-state index is 0.449. The van der Waals surface area contributed by atoms with E-state index in [0.29, 0.717) is 6.04 Å². The van der Waals surface area contributed by atoms with Crippen LogP contribution >= 0.6 is 11.3 Å². The van der Waals surface area contributed by atoms with Gasteiger partial charge in [-0.05, 0) is 78.2 Å². The number of fused-ring (bicyclic) bond motifs is 1. The first-order valence-electron chi connectivity index (χ1n) is 7.19. The summed E-state index contributed by atoms with van der Waals surface area (Å²) < 4.78 is 0. The van der Waals surface area contributed by atoms with Gasteiger partial charge < -0.3 is 5.32 Å². The second kappa shape index (κ2) is 5.89. The molecule has 1 nitrogen and oxygen atoms in total. The van der Waals surface area contributed by atoms with Gasteiger partial charge in [0.1, 0.15) is 0 Å². The van der Waals surface area contributed by atoms with Gasteiger partial charge in [-0.15, -0.1) is 0 Å². The minimum Gasteiger partial charge on any atom is -0.310 e. The van der Waals surface area contributed by atoms with Crippen molar-refractivity contribution in [3.05, 3.63) is 57.3 Å². The van der Waals surface area contributed by atoms with E-state index in [9.17, 15) is 0 Å². The average molecular weight is 271 g/mol. The predicted octanol–water partition coefficient (Wildman–Crippen LogP) is 4.13. The maximum absolute atomic E-state index is 3.63. The number of rotatable bonds is 5. The molecule has 3 rings (SSSR count). The molecule has 1 aliphatic rings. The zero-order chi connectivity index (χ0) is 13.1. The summed E-state index contributed by atoms with van der Waals surface area (Å²) in [6, 6.07) is 9.70. The lowest BCUT2D eigenvalue weighted by molar-refractivity contribution is 0.577. The van der Waals surface area contributed by atoms with Crippen molar-refractivity contribution >= 4 is 11.3 Å².